The van der Waals surface area contributed by atoms with E-state index in [9.17, 15) is 4.79 Å². The molecule has 2 saturated heterocycles. The Labute approximate surface area is 85.8 Å². The summed E-state index contributed by atoms with van der Waals surface area (Å²) in [6, 6.07) is 0. The number of nitrogens with one attached hydrogen (secondary N) is 1. The second-order valence-electron chi connectivity index (χ2n) is 5.09. The third-order valence-electron chi connectivity index (χ3n) is 3.58. The van der Waals surface area contributed by atoms with E-state index in [2.05, 4.69) is 10.2 Å². The first-order valence-corrected chi connectivity index (χ1v) is 5.62. The minimum atomic E-state index is 0.152. The van der Waals surface area contributed by atoms with Crippen LogP contribution in [0.15, 0.2) is 0 Å². The lowest BCUT2D eigenvalue weighted by atomic mass is 9.86. The summed E-state index contributed by atoms with van der Waals surface area (Å²) in [4.78, 5) is 13.8. The Balaban J connectivity index is 1.97. The molecule has 0 aromatic carbocycles. The SMILES string of the molecule is CC(C)C(=O)N1CCC2(CCNC2)C1. The smallest absolute Gasteiger partial charge is 0.225 e. The molecule has 1 atom stereocenters. The normalized spacial score (nSPS) is 32.1. The zero-order valence-corrected chi connectivity index (χ0v) is 9.18. The van der Waals surface area contributed by atoms with Crippen molar-refractivity contribution in [1.82, 2.24) is 10.2 Å². The highest BCUT2D eigenvalue weighted by molar-refractivity contribution is 5.78. The van der Waals surface area contributed by atoms with Crippen LogP contribution < -0.4 is 5.32 Å². The summed E-state index contributed by atoms with van der Waals surface area (Å²) in [6.07, 6.45) is 2.44. The van der Waals surface area contributed by atoms with Gasteiger partial charge in [-0.25, -0.2) is 0 Å². The van der Waals surface area contributed by atoms with Gasteiger partial charge >= 0.3 is 0 Å². The lowest BCUT2D eigenvalue weighted by Gasteiger charge is -2.23. The van der Waals surface area contributed by atoms with Crippen molar-refractivity contribution in [3.63, 3.8) is 0 Å². The third-order valence-corrected chi connectivity index (χ3v) is 3.58. The van der Waals surface area contributed by atoms with Crippen LogP contribution in [0.4, 0.5) is 0 Å². The van der Waals surface area contributed by atoms with Gasteiger partial charge in [0.1, 0.15) is 0 Å². The van der Waals surface area contributed by atoms with Crippen LogP contribution in [0.2, 0.25) is 0 Å². The van der Waals surface area contributed by atoms with Crippen molar-refractivity contribution in [2.75, 3.05) is 26.2 Å². The molecule has 14 heavy (non-hydrogen) atoms. The van der Waals surface area contributed by atoms with Gasteiger partial charge in [-0.3, -0.25) is 4.79 Å². The summed E-state index contributed by atoms with van der Waals surface area (Å²) < 4.78 is 0. The molecule has 2 aliphatic heterocycles. The van der Waals surface area contributed by atoms with Crippen LogP contribution in [-0.4, -0.2) is 37.0 Å². The van der Waals surface area contributed by atoms with Crippen molar-refractivity contribution in [2.24, 2.45) is 11.3 Å². The fourth-order valence-corrected chi connectivity index (χ4v) is 2.63. The molecule has 80 valence electrons. The van der Waals surface area contributed by atoms with Crippen LogP contribution in [0.3, 0.4) is 0 Å². The highest BCUT2D eigenvalue weighted by atomic mass is 16.2. The minimum Gasteiger partial charge on any atom is -0.342 e. The van der Waals surface area contributed by atoms with Crippen LogP contribution in [0.1, 0.15) is 26.7 Å². The van der Waals surface area contributed by atoms with Crippen molar-refractivity contribution in [1.29, 1.82) is 0 Å². The fraction of sp³-hybridized carbons (Fsp3) is 0.909. The highest BCUT2D eigenvalue weighted by Crippen LogP contribution is 2.36. The molecule has 0 radical (unpaired) electrons. The maximum Gasteiger partial charge on any atom is 0.225 e. The number of likely N-dealkylation sites (tertiary alicyclic amines) is 1. The van der Waals surface area contributed by atoms with E-state index in [1.165, 1.54) is 12.8 Å². The molecule has 2 fully saturated rings. The second kappa shape index (κ2) is 3.54. The van der Waals surface area contributed by atoms with E-state index < -0.39 is 0 Å². The Morgan fingerprint density at radius 2 is 2.21 bits per heavy atom. The lowest BCUT2D eigenvalue weighted by molar-refractivity contribution is -0.133. The summed E-state index contributed by atoms with van der Waals surface area (Å²) >= 11 is 0. The van der Waals surface area contributed by atoms with E-state index in [0.717, 1.165) is 26.2 Å². The van der Waals surface area contributed by atoms with Crippen LogP contribution in [0.5, 0.6) is 0 Å². The van der Waals surface area contributed by atoms with E-state index in [4.69, 9.17) is 0 Å². The number of rotatable bonds is 1. The van der Waals surface area contributed by atoms with Gasteiger partial charge in [0.15, 0.2) is 0 Å². The number of carbonyl (C=O) groups excluding carboxylic acids is 1. The molecule has 2 heterocycles. The van der Waals surface area contributed by atoms with Gasteiger partial charge in [-0.2, -0.15) is 0 Å². The number of hydrogen-bond acceptors (Lipinski definition) is 2. The Bertz CT molecular complexity index is 231. The standard InChI is InChI=1S/C11H20N2O/c1-9(2)10(14)13-6-4-11(8-13)3-5-12-7-11/h9,12H,3-8H2,1-2H3. The molecule has 1 amide bonds. The van der Waals surface area contributed by atoms with Crippen molar-refractivity contribution < 1.29 is 4.79 Å². The molecule has 2 aliphatic rings. The average Bonchev–Trinajstić information content (AvgIpc) is 2.76. The van der Waals surface area contributed by atoms with Gasteiger partial charge < -0.3 is 10.2 Å². The molecule has 1 N–H and O–H groups in total. The van der Waals surface area contributed by atoms with E-state index in [1.807, 2.05) is 13.8 Å². The van der Waals surface area contributed by atoms with Gasteiger partial charge in [-0.1, -0.05) is 13.8 Å². The number of nitrogens with zero attached hydrogens (tertiary/aromatic N) is 1. The summed E-state index contributed by atoms with van der Waals surface area (Å²) in [5.41, 5.74) is 0.421. The van der Waals surface area contributed by atoms with Crippen molar-refractivity contribution in [2.45, 2.75) is 26.7 Å². The van der Waals surface area contributed by atoms with Gasteiger partial charge in [0.2, 0.25) is 5.91 Å². The lowest BCUT2D eigenvalue weighted by Crippen LogP contribution is -2.35. The van der Waals surface area contributed by atoms with Crippen LogP contribution in [0, 0.1) is 11.3 Å². The minimum absolute atomic E-state index is 0.152. The van der Waals surface area contributed by atoms with E-state index in [1.54, 1.807) is 0 Å². The molecule has 0 bridgehead atoms. The fourth-order valence-electron chi connectivity index (χ4n) is 2.63. The summed E-state index contributed by atoms with van der Waals surface area (Å²) in [6.45, 7) is 8.16. The first-order valence-electron chi connectivity index (χ1n) is 5.62. The molecule has 1 spiro atoms. The number of carbonyl (C=O) groups is 1. The van der Waals surface area contributed by atoms with E-state index in [0.29, 0.717) is 11.3 Å². The third kappa shape index (κ3) is 1.65. The first-order chi connectivity index (χ1) is 6.63. The molecule has 0 saturated carbocycles. The molecular formula is C11H20N2O. The van der Waals surface area contributed by atoms with Gasteiger partial charge in [-0.05, 0) is 19.4 Å². The molecular weight excluding hydrogens is 176 g/mol. The zero-order chi connectivity index (χ0) is 10.2. The average molecular weight is 196 g/mol. The zero-order valence-electron chi connectivity index (χ0n) is 9.18. The van der Waals surface area contributed by atoms with Crippen molar-refractivity contribution >= 4 is 5.91 Å². The van der Waals surface area contributed by atoms with E-state index >= 15 is 0 Å². The second-order valence-corrected chi connectivity index (χ2v) is 5.09. The maximum atomic E-state index is 11.8. The topological polar surface area (TPSA) is 32.3 Å². The van der Waals surface area contributed by atoms with Gasteiger partial charge in [-0.15, -0.1) is 0 Å². The van der Waals surface area contributed by atoms with Crippen molar-refractivity contribution in [3.05, 3.63) is 0 Å². The molecule has 3 heteroatoms. The molecule has 1 unspecified atom stereocenters. The quantitative estimate of drug-likeness (QED) is 0.674. The van der Waals surface area contributed by atoms with Crippen molar-refractivity contribution in [3.8, 4) is 0 Å². The summed E-state index contributed by atoms with van der Waals surface area (Å²) in [7, 11) is 0. The van der Waals surface area contributed by atoms with Gasteiger partial charge in [0, 0.05) is 31.0 Å². The molecule has 3 nitrogen and oxygen atoms in total. The van der Waals surface area contributed by atoms with E-state index in [-0.39, 0.29) is 5.92 Å². The molecule has 0 aromatic heterocycles. The predicted molar refractivity (Wildman–Crippen MR) is 56.0 cm³/mol. The van der Waals surface area contributed by atoms with Crippen LogP contribution in [0.25, 0.3) is 0 Å². The monoisotopic (exact) mass is 196 g/mol. The van der Waals surface area contributed by atoms with Crippen LogP contribution in [-0.2, 0) is 4.79 Å². The van der Waals surface area contributed by atoms with Gasteiger partial charge in [0.25, 0.3) is 0 Å². The largest absolute Gasteiger partial charge is 0.342 e. The molecule has 0 aliphatic carbocycles. The maximum absolute atomic E-state index is 11.8. The summed E-state index contributed by atoms with van der Waals surface area (Å²) in [5, 5.41) is 3.41. The van der Waals surface area contributed by atoms with Gasteiger partial charge in [0.05, 0.1) is 0 Å². The Morgan fingerprint density at radius 1 is 1.43 bits per heavy atom. The summed E-state index contributed by atoms with van der Waals surface area (Å²) in [5.74, 6) is 0.480. The Hall–Kier alpha value is -0.570. The highest BCUT2D eigenvalue weighted by Gasteiger charge is 2.41. The number of hydrogen-bond donors (Lipinski definition) is 1. The molecule has 2 rings (SSSR count). The Kier molecular flexibility index (Phi) is 2.52. The predicted octanol–water partition coefficient (Wildman–Crippen LogP) is 0.854. The number of amides is 1. The Morgan fingerprint density at radius 3 is 2.79 bits per heavy atom. The molecule has 0 aromatic rings. The first kappa shape index (κ1) is 9.97. The van der Waals surface area contributed by atoms with Crippen LogP contribution >= 0.6 is 0 Å².